The maximum Gasteiger partial charge on any atom is 0.323 e. The average molecular weight is 324 g/mol. The Morgan fingerprint density at radius 3 is 2.35 bits per heavy atom. The summed E-state index contributed by atoms with van der Waals surface area (Å²) >= 11 is 0. The number of carbonyl (C=O) groups is 3. The molecule has 1 saturated heterocycles. The summed E-state index contributed by atoms with van der Waals surface area (Å²) in [4.78, 5) is 36.9. The second-order valence-corrected chi connectivity index (χ2v) is 6.41. The van der Waals surface area contributed by atoms with Gasteiger partial charge in [-0.3, -0.25) is 14.4 Å². The topological polar surface area (TPSA) is 78.9 Å². The lowest BCUT2D eigenvalue weighted by molar-refractivity contribution is -0.196. The van der Waals surface area contributed by atoms with Crippen LogP contribution < -0.4 is 0 Å². The van der Waals surface area contributed by atoms with E-state index in [-0.39, 0.29) is 37.9 Å². The first kappa shape index (κ1) is 17.5. The number of ether oxygens (including phenoxy) is 3. The Labute approximate surface area is 136 Å². The first-order valence-electron chi connectivity index (χ1n) is 8.03. The van der Waals surface area contributed by atoms with Gasteiger partial charge in [0.15, 0.2) is 5.41 Å². The van der Waals surface area contributed by atoms with E-state index in [9.17, 15) is 14.4 Å². The van der Waals surface area contributed by atoms with Gasteiger partial charge in [-0.25, -0.2) is 0 Å². The Bertz CT molecular complexity index is 519. The van der Waals surface area contributed by atoms with Crippen molar-refractivity contribution >= 4 is 17.9 Å². The van der Waals surface area contributed by atoms with Crippen LogP contribution in [0.5, 0.6) is 0 Å². The van der Waals surface area contributed by atoms with E-state index < -0.39 is 23.0 Å². The normalized spacial score (nSPS) is 29.3. The summed E-state index contributed by atoms with van der Waals surface area (Å²) in [7, 11) is 0. The summed E-state index contributed by atoms with van der Waals surface area (Å²) in [6, 6.07) is 0. The van der Waals surface area contributed by atoms with Crippen molar-refractivity contribution in [1.29, 1.82) is 0 Å². The lowest BCUT2D eigenvalue weighted by Gasteiger charge is -2.50. The van der Waals surface area contributed by atoms with Crippen molar-refractivity contribution < 1.29 is 28.6 Å². The molecule has 1 aliphatic carbocycles. The predicted molar refractivity (Wildman–Crippen MR) is 81.3 cm³/mol. The zero-order valence-corrected chi connectivity index (χ0v) is 14.0. The number of hydrogen-bond acceptors (Lipinski definition) is 6. The standard InChI is InChI=1S/C17H24O6/c1-5-21-14(19)17(15(20)22-6-2)9-11(3)12-7-8-13(18)23-16(12,4)10-17/h12H,3,5-10H2,1-2,4H3/t12-,16-/m1/s1. The summed E-state index contributed by atoms with van der Waals surface area (Å²) < 4.78 is 15.8. The molecule has 0 unspecified atom stereocenters. The molecule has 0 aromatic rings. The third-order valence-electron chi connectivity index (χ3n) is 4.73. The van der Waals surface area contributed by atoms with Gasteiger partial charge in [0, 0.05) is 18.8 Å². The maximum absolute atomic E-state index is 12.6. The largest absolute Gasteiger partial charge is 0.465 e. The zero-order valence-electron chi connectivity index (χ0n) is 14.0. The predicted octanol–water partition coefficient (Wildman–Crippen LogP) is 2.16. The lowest BCUT2D eigenvalue weighted by atomic mass is 9.59. The van der Waals surface area contributed by atoms with E-state index in [4.69, 9.17) is 14.2 Å². The molecule has 6 nitrogen and oxygen atoms in total. The van der Waals surface area contributed by atoms with Gasteiger partial charge >= 0.3 is 17.9 Å². The van der Waals surface area contributed by atoms with Crippen LogP contribution in [0.1, 0.15) is 46.5 Å². The Hall–Kier alpha value is -1.85. The number of fused-ring (bicyclic) bond motifs is 1. The molecular formula is C17H24O6. The minimum atomic E-state index is -1.49. The molecule has 2 rings (SSSR count). The van der Waals surface area contributed by atoms with Crippen molar-refractivity contribution in [3.63, 3.8) is 0 Å². The molecule has 6 heteroatoms. The van der Waals surface area contributed by atoms with Gasteiger partial charge in [0.1, 0.15) is 5.60 Å². The number of esters is 3. The zero-order chi connectivity index (χ0) is 17.3. The van der Waals surface area contributed by atoms with Crippen LogP contribution in [-0.4, -0.2) is 36.7 Å². The van der Waals surface area contributed by atoms with Crippen LogP contribution in [-0.2, 0) is 28.6 Å². The number of hydrogen-bond donors (Lipinski definition) is 0. The highest BCUT2D eigenvalue weighted by molar-refractivity contribution is 6.01. The van der Waals surface area contributed by atoms with Gasteiger partial charge in [-0.2, -0.15) is 0 Å². The molecule has 0 aromatic carbocycles. The molecule has 2 aliphatic rings. The van der Waals surface area contributed by atoms with Gasteiger partial charge in [-0.15, -0.1) is 0 Å². The summed E-state index contributed by atoms with van der Waals surface area (Å²) in [5.41, 5.74) is -1.71. The number of rotatable bonds is 4. The fourth-order valence-electron chi connectivity index (χ4n) is 3.83. The van der Waals surface area contributed by atoms with Crippen LogP contribution >= 0.6 is 0 Å². The van der Waals surface area contributed by atoms with E-state index in [0.29, 0.717) is 12.8 Å². The van der Waals surface area contributed by atoms with Crippen LogP contribution in [0, 0.1) is 11.3 Å². The van der Waals surface area contributed by atoms with E-state index in [1.165, 1.54) is 0 Å². The molecular weight excluding hydrogens is 300 g/mol. The van der Waals surface area contributed by atoms with Crippen LogP contribution in [0.15, 0.2) is 12.2 Å². The SMILES string of the molecule is C=C1CC(C(=O)OCC)(C(=O)OCC)C[C@@]2(C)OC(=O)CC[C@H]12. The van der Waals surface area contributed by atoms with Crippen molar-refractivity contribution in [2.24, 2.45) is 11.3 Å². The van der Waals surface area contributed by atoms with Crippen LogP contribution in [0.4, 0.5) is 0 Å². The molecule has 1 saturated carbocycles. The van der Waals surface area contributed by atoms with Crippen LogP contribution in [0.3, 0.4) is 0 Å². The highest BCUT2D eigenvalue weighted by atomic mass is 16.6. The number of carbonyl (C=O) groups excluding carboxylic acids is 3. The Kier molecular flexibility index (Phi) is 4.82. The molecule has 2 fully saturated rings. The van der Waals surface area contributed by atoms with Crippen LogP contribution in [0.25, 0.3) is 0 Å². The fourth-order valence-corrected chi connectivity index (χ4v) is 3.83. The molecule has 0 amide bonds. The van der Waals surface area contributed by atoms with Gasteiger partial charge in [0.25, 0.3) is 0 Å². The van der Waals surface area contributed by atoms with Crippen molar-refractivity contribution in [3.05, 3.63) is 12.2 Å². The molecule has 1 aliphatic heterocycles. The minimum Gasteiger partial charge on any atom is -0.465 e. The quantitative estimate of drug-likeness (QED) is 0.341. The Balaban J connectivity index is 2.42. The van der Waals surface area contributed by atoms with Crippen molar-refractivity contribution in [3.8, 4) is 0 Å². The first-order valence-corrected chi connectivity index (χ1v) is 8.03. The molecule has 23 heavy (non-hydrogen) atoms. The van der Waals surface area contributed by atoms with Crippen LogP contribution in [0.2, 0.25) is 0 Å². The molecule has 0 bridgehead atoms. The monoisotopic (exact) mass is 324 g/mol. The third kappa shape index (κ3) is 2.99. The fraction of sp³-hybridized carbons (Fsp3) is 0.706. The molecule has 2 atom stereocenters. The Morgan fingerprint density at radius 1 is 1.26 bits per heavy atom. The highest BCUT2D eigenvalue weighted by Gasteiger charge is 2.61. The van der Waals surface area contributed by atoms with Crippen molar-refractivity contribution in [1.82, 2.24) is 0 Å². The minimum absolute atomic E-state index is 0.0582. The van der Waals surface area contributed by atoms with E-state index in [0.717, 1.165) is 5.57 Å². The van der Waals surface area contributed by atoms with Gasteiger partial charge in [0.05, 0.1) is 13.2 Å². The molecule has 0 aromatic heterocycles. The first-order chi connectivity index (χ1) is 10.8. The maximum atomic E-state index is 12.6. The van der Waals surface area contributed by atoms with E-state index >= 15 is 0 Å². The van der Waals surface area contributed by atoms with E-state index in [1.807, 2.05) is 0 Å². The van der Waals surface area contributed by atoms with E-state index in [2.05, 4.69) is 6.58 Å². The van der Waals surface area contributed by atoms with Crippen molar-refractivity contribution in [2.75, 3.05) is 13.2 Å². The van der Waals surface area contributed by atoms with Crippen molar-refractivity contribution in [2.45, 2.75) is 52.1 Å². The summed E-state index contributed by atoms with van der Waals surface area (Å²) in [6.45, 7) is 9.48. The molecule has 0 N–H and O–H groups in total. The summed E-state index contributed by atoms with van der Waals surface area (Å²) in [6.07, 6.45) is 1.18. The molecule has 0 spiro atoms. The van der Waals surface area contributed by atoms with Gasteiger partial charge < -0.3 is 14.2 Å². The molecule has 0 radical (unpaired) electrons. The van der Waals surface area contributed by atoms with Gasteiger partial charge in [0.2, 0.25) is 0 Å². The summed E-state index contributed by atoms with van der Waals surface area (Å²) in [5, 5.41) is 0. The smallest absolute Gasteiger partial charge is 0.323 e. The summed E-state index contributed by atoms with van der Waals surface area (Å²) in [5.74, 6) is -1.65. The molecule has 128 valence electrons. The third-order valence-corrected chi connectivity index (χ3v) is 4.73. The molecule has 1 heterocycles. The highest BCUT2D eigenvalue weighted by Crippen LogP contribution is 2.53. The van der Waals surface area contributed by atoms with Gasteiger partial charge in [-0.05, 0) is 33.6 Å². The second kappa shape index (κ2) is 6.34. The lowest BCUT2D eigenvalue weighted by Crippen LogP contribution is -2.57. The average Bonchev–Trinajstić information content (AvgIpc) is 2.45. The second-order valence-electron chi connectivity index (χ2n) is 6.41. The van der Waals surface area contributed by atoms with E-state index in [1.54, 1.807) is 20.8 Å². The van der Waals surface area contributed by atoms with Gasteiger partial charge in [-0.1, -0.05) is 12.2 Å². The Morgan fingerprint density at radius 2 is 1.83 bits per heavy atom.